The minimum atomic E-state index is -0.739. The number of nitrogens with one attached hydrogen (secondary N) is 3. The zero-order valence-electron chi connectivity index (χ0n) is 30.5. The second-order valence-electron chi connectivity index (χ2n) is 13.4. The summed E-state index contributed by atoms with van der Waals surface area (Å²) in [5.41, 5.74) is 5.13. The Morgan fingerprint density at radius 1 is 0.745 bits per heavy atom. The van der Waals surface area contributed by atoms with Gasteiger partial charge in [0.1, 0.15) is 17.7 Å². The number of ether oxygens (including phenoxy) is 1. The van der Waals surface area contributed by atoms with E-state index in [-0.39, 0.29) is 30.2 Å². The molecule has 13 heteroatoms. The van der Waals surface area contributed by atoms with E-state index in [1.54, 1.807) is 4.90 Å². The van der Waals surface area contributed by atoms with Gasteiger partial charge in [0, 0.05) is 30.6 Å². The number of nitrogens with zero attached hydrogens (tertiary/aromatic N) is 4. The maximum Gasteiger partial charge on any atom is 0.407 e. The first kappa shape index (κ1) is 39.4. The van der Waals surface area contributed by atoms with E-state index in [1.807, 2.05) is 88.0 Å². The molecule has 4 aromatic rings. The molecule has 1 atom stereocenters. The lowest BCUT2D eigenvalue weighted by Crippen LogP contribution is -2.51. The molecular formula is C38H49Cl2N7O4. The Morgan fingerprint density at radius 2 is 1.18 bits per heavy atom. The third-order valence-corrected chi connectivity index (χ3v) is 8.95. The molecule has 0 aliphatic carbocycles. The number of alkyl carbamates (subject to hydrolysis) is 1. The van der Waals surface area contributed by atoms with Gasteiger partial charge in [-0.1, -0.05) is 113 Å². The van der Waals surface area contributed by atoms with Gasteiger partial charge in [-0.05, 0) is 35.8 Å². The van der Waals surface area contributed by atoms with Crippen molar-refractivity contribution in [2.24, 2.45) is 11.8 Å². The standard InChI is InChI=1S/C38H49Cl2N7O4/c1-8-18-46(31(48)20-23(3)4)21-29-41-33(35(39)43-29)27-14-10-25(11-15-27)26-12-16-28(17-13-26)34-36(40)44-30(42-34)22-47(19-9-2)37(49)32(24(5)6)45-38(50)51-7/h10-17,23-24,32H,8-9,18-22H2,1-7H3,(H,41,43)(H,42,44)(H,45,50)/t32-/m1/s1. The van der Waals surface area contributed by atoms with Gasteiger partial charge in [-0.25, -0.2) is 14.8 Å². The highest BCUT2D eigenvalue weighted by atomic mass is 35.5. The molecule has 0 radical (unpaired) electrons. The maximum atomic E-state index is 13.5. The summed E-state index contributed by atoms with van der Waals surface area (Å²) in [7, 11) is 1.27. The molecule has 3 amide bonds. The molecule has 4 rings (SSSR count). The lowest BCUT2D eigenvalue weighted by atomic mass is 10.0. The van der Waals surface area contributed by atoms with E-state index >= 15 is 0 Å². The van der Waals surface area contributed by atoms with Crippen LogP contribution in [0.3, 0.4) is 0 Å². The molecule has 0 saturated heterocycles. The number of amides is 3. The fourth-order valence-corrected chi connectivity index (χ4v) is 6.34. The minimum Gasteiger partial charge on any atom is -0.453 e. The normalized spacial score (nSPS) is 11.9. The summed E-state index contributed by atoms with van der Waals surface area (Å²) in [6, 6.07) is 15.3. The van der Waals surface area contributed by atoms with E-state index in [2.05, 4.69) is 32.2 Å². The van der Waals surface area contributed by atoms with Crippen molar-refractivity contribution in [3.63, 3.8) is 0 Å². The van der Waals surface area contributed by atoms with Crippen LogP contribution in [0.4, 0.5) is 4.79 Å². The molecule has 2 aromatic carbocycles. The number of benzene rings is 2. The molecule has 2 aromatic heterocycles. The van der Waals surface area contributed by atoms with E-state index in [4.69, 9.17) is 27.9 Å². The summed E-state index contributed by atoms with van der Waals surface area (Å²) in [6.07, 6.45) is 1.44. The average molecular weight is 739 g/mol. The Morgan fingerprint density at radius 3 is 1.59 bits per heavy atom. The van der Waals surface area contributed by atoms with E-state index in [0.29, 0.717) is 59.4 Å². The van der Waals surface area contributed by atoms with Crippen LogP contribution < -0.4 is 5.32 Å². The van der Waals surface area contributed by atoms with Crippen molar-refractivity contribution in [3.8, 4) is 33.6 Å². The van der Waals surface area contributed by atoms with Gasteiger partial charge in [0.15, 0.2) is 10.3 Å². The van der Waals surface area contributed by atoms with Crippen molar-refractivity contribution in [2.75, 3.05) is 20.2 Å². The Kier molecular flexibility index (Phi) is 14.1. The summed E-state index contributed by atoms with van der Waals surface area (Å²) in [5, 5.41) is 3.32. The lowest BCUT2D eigenvalue weighted by molar-refractivity contribution is -0.135. The van der Waals surface area contributed by atoms with Crippen LogP contribution in [-0.4, -0.2) is 73.9 Å². The maximum absolute atomic E-state index is 13.5. The second-order valence-corrected chi connectivity index (χ2v) is 14.1. The van der Waals surface area contributed by atoms with Crippen molar-refractivity contribution in [2.45, 2.75) is 79.9 Å². The first-order valence-corrected chi connectivity index (χ1v) is 18.2. The van der Waals surface area contributed by atoms with Gasteiger partial charge in [0.05, 0.1) is 31.6 Å². The molecule has 274 valence electrons. The first-order valence-electron chi connectivity index (χ1n) is 17.5. The fourth-order valence-electron chi connectivity index (χ4n) is 5.82. The molecule has 0 saturated carbocycles. The van der Waals surface area contributed by atoms with Gasteiger partial charge in [0.2, 0.25) is 11.8 Å². The summed E-state index contributed by atoms with van der Waals surface area (Å²) in [4.78, 5) is 57.3. The molecule has 0 aliphatic heterocycles. The molecule has 0 spiro atoms. The van der Waals surface area contributed by atoms with Crippen molar-refractivity contribution >= 4 is 41.1 Å². The number of halogens is 2. The largest absolute Gasteiger partial charge is 0.453 e. The predicted molar refractivity (Wildman–Crippen MR) is 202 cm³/mol. The third-order valence-electron chi connectivity index (χ3n) is 8.40. The highest BCUT2D eigenvalue weighted by Gasteiger charge is 2.29. The number of rotatable bonds is 16. The zero-order chi connectivity index (χ0) is 37.2. The van der Waals surface area contributed by atoms with Crippen LogP contribution in [0.1, 0.15) is 72.5 Å². The van der Waals surface area contributed by atoms with Gasteiger partial charge >= 0.3 is 6.09 Å². The molecule has 2 heterocycles. The van der Waals surface area contributed by atoms with Gasteiger partial charge in [0.25, 0.3) is 0 Å². The van der Waals surface area contributed by atoms with Crippen LogP contribution in [0.5, 0.6) is 0 Å². The minimum absolute atomic E-state index is 0.114. The third kappa shape index (κ3) is 10.4. The van der Waals surface area contributed by atoms with Gasteiger partial charge in [-0.2, -0.15) is 0 Å². The van der Waals surface area contributed by atoms with E-state index < -0.39 is 12.1 Å². The van der Waals surface area contributed by atoms with Crippen molar-refractivity contribution in [3.05, 3.63) is 70.5 Å². The SMILES string of the molecule is CCCN(Cc1nc(Cl)c(-c2ccc(-c3ccc(-c4[nH]c(CN(CCC)C(=O)[C@H](NC(=O)OC)C(C)C)nc4Cl)cc3)cc2)[nH]1)C(=O)CC(C)C. The molecule has 3 N–H and O–H groups in total. The van der Waals surface area contributed by atoms with Crippen LogP contribution in [-0.2, 0) is 27.4 Å². The number of carbonyl (C=O) groups excluding carboxylic acids is 3. The Hall–Kier alpha value is -4.35. The smallest absolute Gasteiger partial charge is 0.407 e. The topological polar surface area (TPSA) is 136 Å². The molecule has 0 aliphatic rings. The van der Waals surface area contributed by atoms with Gasteiger partial charge in [-0.15, -0.1) is 0 Å². The van der Waals surface area contributed by atoms with Crippen LogP contribution >= 0.6 is 23.2 Å². The van der Waals surface area contributed by atoms with Crippen LogP contribution in [0.2, 0.25) is 10.3 Å². The monoisotopic (exact) mass is 737 g/mol. The predicted octanol–water partition coefficient (Wildman–Crippen LogP) is 8.34. The van der Waals surface area contributed by atoms with Crippen LogP contribution in [0, 0.1) is 11.8 Å². The summed E-state index contributed by atoms with van der Waals surface area (Å²) in [5.74, 6) is 1.23. The van der Waals surface area contributed by atoms with E-state index in [0.717, 1.165) is 35.1 Å². The first-order chi connectivity index (χ1) is 24.3. The highest BCUT2D eigenvalue weighted by molar-refractivity contribution is 6.32. The Bertz CT molecular complexity index is 1770. The number of methoxy groups -OCH3 is 1. The number of aromatic amines is 2. The lowest BCUT2D eigenvalue weighted by Gasteiger charge is -2.28. The molecular weight excluding hydrogens is 689 g/mol. The van der Waals surface area contributed by atoms with E-state index in [1.165, 1.54) is 7.11 Å². The van der Waals surface area contributed by atoms with E-state index in [9.17, 15) is 14.4 Å². The van der Waals surface area contributed by atoms with Crippen molar-refractivity contribution in [1.82, 2.24) is 35.1 Å². The van der Waals surface area contributed by atoms with Gasteiger partial charge < -0.3 is 29.8 Å². The zero-order valence-corrected chi connectivity index (χ0v) is 32.0. The number of hydrogen-bond donors (Lipinski definition) is 3. The molecule has 11 nitrogen and oxygen atoms in total. The second kappa shape index (κ2) is 18.2. The quantitative estimate of drug-likeness (QED) is 0.106. The van der Waals surface area contributed by atoms with Crippen LogP contribution in [0.15, 0.2) is 48.5 Å². The molecule has 0 bridgehead atoms. The highest BCUT2D eigenvalue weighted by Crippen LogP contribution is 2.31. The number of aromatic nitrogens is 4. The summed E-state index contributed by atoms with van der Waals surface area (Å²) in [6.45, 7) is 13.6. The van der Waals surface area contributed by atoms with Crippen molar-refractivity contribution in [1.29, 1.82) is 0 Å². The van der Waals surface area contributed by atoms with Crippen LogP contribution in [0.25, 0.3) is 33.6 Å². The Labute approximate surface area is 310 Å². The molecule has 51 heavy (non-hydrogen) atoms. The summed E-state index contributed by atoms with van der Waals surface area (Å²) >= 11 is 13.1. The number of carbonyl (C=O) groups is 3. The number of imidazole rings is 2. The van der Waals surface area contributed by atoms with Crippen molar-refractivity contribution < 1.29 is 19.1 Å². The number of hydrogen-bond acceptors (Lipinski definition) is 6. The molecule has 0 fully saturated rings. The fraction of sp³-hybridized carbons (Fsp3) is 0.447. The molecule has 0 unspecified atom stereocenters. The Balaban J connectivity index is 1.46. The number of H-pyrrole nitrogens is 2. The average Bonchev–Trinajstić information content (AvgIpc) is 3.66. The van der Waals surface area contributed by atoms with Gasteiger partial charge in [-0.3, -0.25) is 9.59 Å². The summed E-state index contributed by atoms with van der Waals surface area (Å²) < 4.78 is 4.73.